The van der Waals surface area contributed by atoms with Gasteiger partial charge in [-0.05, 0) is 19.3 Å². The van der Waals surface area contributed by atoms with Crippen molar-refractivity contribution in [2.24, 2.45) is 0 Å². The van der Waals surface area contributed by atoms with E-state index in [9.17, 15) is 83.1 Å². The Hall–Kier alpha value is -1.44. The molecule has 0 aliphatic carbocycles. The summed E-state index contributed by atoms with van der Waals surface area (Å²) in [6, 6.07) is 0. The molecule has 0 aromatic rings. The Morgan fingerprint density at radius 2 is 1.10 bits per heavy atom. The first-order valence-electron chi connectivity index (χ1n) is 9.69. The largest absolute Gasteiger partial charge is 0.460 e. The minimum Gasteiger partial charge on any atom is -0.353 e. The van der Waals surface area contributed by atoms with Crippen LogP contribution in [-0.2, 0) is 33.2 Å². The molecule has 1 saturated heterocycles. The van der Waals surface area contributed by atoms with Crippen LogP contribution in [0, 0.1) is 0 Å². The van der Waals surface area contributed by atoms with Crippen molar-refractivity contribution in [1.29, 1.82) is 0 Å². The Kier molecular flexibility index (Phi) is 10.4. The maximum absolute atomic E-state index is 13.5. The van der Waals surface area contributed by atoms with Crippen LogP contribution >= 0.6 is 0 Å². The quantitative estimate of drug-likeness (QED) is 0.175. The van der Waals surface area contributed by atoms with Crippen LogP contribution in [0.3, 0.4) is 0 Å². The Balaban J connectivity index is 2.99. The molecular weight excluding hydrogens is 647 g/mol. The minimum absolute atomic E-state index is 0.0413. The van der Waals surface area contributed by atoms with Crippen molar-refractivity contribution in [3.63, 3.8) is 0 Å². The zero-order valence-electron chi connectivity index (χ0n) is 18.5. The molecule has 0 amide bonds. The van der Waals surface area contributed by atoms with E-state index < -0.39 is 77.3 Å². The highest BCUT2D eigenvalue weighted by atomic mass is 32.2. The van der Waals surface area contributed by atoms with Crippen LogP contribution in [0.15, 0.2) is 0 Å². The van der Waals surface area contributed by atoms with E-state index in [1.165, 1.54) is 0 Å². The third-order valence-electron chi connectivity index (χ3n) is 4.28. The van der Waals surface area contributed by atoms with Gasteiger partial charge >= 0.3 is 57.8 Å². The smallest absolute Gasteiger partial charge is 0.353 e. The van der Waals surface area contributed by atoms with Crippen LogP contribution in [0.25, 0.3) is 0 Å². The van der Waals surface area contributed by atoms with Crippen LogP contribution < -0.4 is 0 Å². The lowest BCUT2D eigenvalue weighted by molar-refractivity contribution is -0.516. The highest BCUT2D eigenvalue weighted by Gasteiger charge is 2.86. The molecule has 40 heavy (non-hydrogen) atoms. The third-order valence-corrected chi connectivity index (χ3v) is 5.59. The van der Waals surface area contributed by atoms with E-state index in [1.807, 2.05) is 0 Å². The summed E-state index contributed by atoms with van der Waals surface area (Å²) in [7, 11) is -8.07. The molecule has 240 valence electrons. The average Bonchev–Trinajstić information content (AvgIpc) is 2.74. The molecule has 0 saturated carbocycles. The van der Waals surface area contributed by atoms with Gasteiger partial charge in [0, 0.05) is 6.61 Å². The molecule has 1 aliphatic rings. The molecule has 7 nitrogen and oxygen atoms in total. The van der Waals surface area contributed by atoms with Gasteiger partial charge in [0.1, 0.15) is 6.61 Å². The summed E-state index contributed by atoms with van der Waals surface area (Å²) in [6.45, 7) is -6.07. The van der Waals surface area contributed by atoms with Gasteiger partial charge in [-0.25, -0.2) is 9.47 Å². The van der Waals surface area contributed by atoms with Gasteiger partial charge < -0.3 is 9.47 Å². The van der Waals surface area contributed by atoms with Crippen molar-refractivity contribution in [3.8, 4) is 0 Å². The van der Waals surface area contributed by atoms with E-state index in [-0.39, 0.29) is 13.0 Å². The summed E-state index contributed by atoms with van der Waals surface area (Å²) >= 11 is 0. The molecule has 25 heteroatoms. The predicted octanol–water partition coefficient (Wildman–Crippen LogP) is 5.71. The molecule has 1 aliphatic heterocycles. The minimum atomic E-state index is -8.07. The average molecular weight is 660 g/mol. The molecule has 1 unspecified atom stereocenters. The number of rotatable bonds is 14. The van der Waals surface area contributed by atoms with Crippen molar-refractivity contribution in [3.05, 3.63) is 0 Å². The van der Waals surface area contributed by atoms with E-state index in [2.05, 4.69) is 18.4 Å². The lowest BCUT2D eigenvalue weighted by atomic mass is 10.1. The lowest BCUT2D eigenvalue weighted by Crippen LogP contribution is -2.63. The highest BCUT2D eigenvalue weighted by molar-refractivity contribution is 7.87. The van der Waals surface area contributed by atoms with Gasteiger partial charge in [0.2, 0.25) is 0 Å². The molecular formula is C15H13F17O7S. The molecule has 1 rings (SSSR count). The van der Waals surface area contributed by atoms with E-state index in [1.54, 1.807) is 0 Å². The first-order chi connectivity index (χ1) is 17.4. The molecule has 1 atom stereocenters. The maximum Gasteiger partial charge on any atom is 0.460 e. The van der Waals surface area contributed by atoms with Crippen LogP contribution in [0.5, 0.6) is 0 Å². The van der Waals surface area contributed by atoms with Crippen molar-refractivity contribution >= 4 is 10.1 Å². The second-order valence-corrected chi connectivity index (χ2v) is 9.16. The number of hydrogen-bond acceptors (Lipinski definition) is 7. The number of halogens is 17. The number of ether oxygens (including phenoxy) is 4. The van der Waals surface area contributed by atoms with Gasteiger partial charge in [-0.1, -0.05) is 0 Å². The second kappa shape index (κ2) is 11.3. The standard InChI is InChI=1S/C15H13F17O7S/c16-8(17,5-36-7-3-1-2-4-35-7)38-13(27,28)14(29,30)39-9(18,19)6-37-40(33,34)15(31,32)11(22,23)10(20,21)12(24,25)26/h7H,1-6H2. The molecule has 0 spiro atoms. The molecule has 1 fully saturated rings. The third kappa shape index (κ3) is 7.89. The number of hydrogen-bond donors (Lipinski definition) is 0. The van der Waals surface area contributed by atoms with Crippen molar-refractivity contribution in [2.45, 2.75) is 73.3 Å². The zero-order valence-corrected chi connectivity index (χ0v) is 19.3. The number of alkyl halides is 17. The maximum atomic E-state index is 13.5. The summed E-state index contributed by atoms with van der Waals surface area (Å²) < 4.78 is 260. The molecule has 1 heterocycles. The second-order valence-electron chi connectivity index (χ2n) is 7.50. The fraction of sp³-hybridized carbons (Fsp3) is 1.00. The van der Waals surface area contributed by atoms with Gasteiger partial charge in [0.15, 0.2) is 12.9 Å². The highest BCUT2D eigenvalue weighted by Crippen LogP contribution is 2.55. The fourth-order valence-electron chi connectivity index (χ4n) is 2.32. The van der Waals surface area contributed by atoms with Gasteiger partial charge in [-0.3, -0.25) is 4.18 Å². The van der Waals surface area contributed by atoms with Crippen LogP contribution in [0.1, 0.15) is 19.3 Å². The van der Waals surface area contributed by atoms with Crippen LogP contribution in [-0.4, -0.2) is 82.2 Å². The molecule has 0 radical (unpaired) electrons. The Morgan fingerprint density at radius 3 is 1.50 bits per heavy atom. The molecule has 0 N–H and O–H groups in total. The Morgan fingerprint density at radius 1 is 0.650 bits per heavy atom. The Bertz CT molecular complexity index is 961. The topological polar surface area (TPSA) is 80.3 Å². The molecule has 0 bridgehead atoms. The van der Waals surface area contributed by atoms with Gasteiger partial charge in [-0.15, -0.1) is 0 Å². The summed E-state index contributed by atoms with van der Waals surface area (Å²) in [5.41, 5.74) is 0. The molecule has 0 aromatic carbocycles. The summed E-state index contributed by atoms with van der Waals surface area (Å²) in [4.78, 5) is 0. The van der Waals surface area contributed by atoms with Crippen LogP contribution in [0.4, 0.5) is 74.6 Å². The van der Waals surface area contributed by atoms with Gasteiger partial charge in [0.05, 0.1) is 0 Å². The normalized spacial score (nSPS) is 19.7. The summed E-state index contributed by atoms with van der Waals surface area (Å²) in [6.07, 6.45) is -33.8. The van der Waals surface area contributed by atoms with Crippen molar-refractivity contribution in [2.75, 3.05) is 19.8 Å². The predicted molar refractivity (Wildman–Crippen MR) is 87.3 cm³/mol. The van der Waals surface area contributed by atoms with E-state index in [4.69, 9.17) is 4.74 Å². The van der Waals surface area contributed by atoms with E-state index in [0.717, 1.165) is 0 Å². The monoisotopic (exact) mass is 660 g/mol. The van der Waals surface area contributed by atoms with E-state index >= 15 is 0 Å². The zero-order chi connectivity index (χ0) is 31.9. The van der Waals surface area contributed by atoms with Crippen LogP contribution in [0.2, 0.25) is 0 Å². The van der Waals surface area contributed by atoms with E-state index in [0.29, 0.717) is 12.8 Å². The first kappa shape index (κ1) is 36.6. The van der Waals surface area contributed by atoms with Gasteiger partial charge in [-0.2, -0.15) is 83.1 Å². The van der Waals surface area contributed by atoms with Crippen molar-refractivity contribution in [1.82, 2.24) is 0 Å². The lowest BCUT2D eigenvalue weighted by Gasteiger charge is -2.33. The first-order valence-corrected chi connectivity index (χ1v) is 11.1. The fourth-order valence-corrected chi connectivity index (χ4v) is 3.21. The SMILES string of the molecule is O=S(=O)(OCC(F)(F)OC(F)(F)C(F)(F)OC(F)(F)COC1CCCCO1)C(F)(F)C(F)(F)C(F)(F)C(F)(F)F. The summed E-state index contributed by atoms with van der Waals surface area (Å²) in [5, 5.41) is -7.73. The Labute approximate surface area is 210 Å². The van der Waals surface area contributed by atoms with Gasteiger partial charge in [0.25, 0.3) is 0 Å². The summed E-state index contributed by atoms with van der Waals surface area (Å²) in [5.74, 6) is -15.9. The van der Waals surface area contributed by atoms with Crippen molar-refractivity contribution < 1.29 is 106 Å². The molecule has 0 aromatic heterocycles.